The summed E-state index contributed by atoms with van der Waals surface area (Å²) in [4.78, 5) is 30.8. The lowest BCUT2D eigenvalue weighted by molar-refractivity contribution is -0.134. The molecule has 0 radical (unpaired) electrons. The standard InChI is InChI=1S/C16H15N3O5/c1-23-6-5-18-15-12(16(21)22)13(20)11(24-15)7-9-8-19-14-10(9)3-2-4-17-14/h2-4,7-8,18H,5-6H2,1H3,(H,17,19)(H,21,22)/b11-7-. The highest BCUT2D eigenvalue weighted by Gasteiger charge is 2.35. The number of carbonyl (C=O) groups is 2. The lowest BCUT2D eigenvalue weighted by Crippen LogP contribution is -2.21. The number of nitrogens with zero attached hydrogens (tertiary/aromatic N) is 1. The van der Waals surface area contributed by atoms with Crippen LogP contribution in [-0.2, 0) is 19.1 Å². The van der Waals surface area contributed by atoms with E-state index in [1.807, 2.05) is 6.07 Å². The van der Waals surface area contributed by atoms with Crippen LogP contribution < -0.4 is 5.32 Å². The number of aromatic amines is 1. The Morgan fingerprint density at radius 2 is 2.38 bits per heavy atom. The Balaban J connectivity index is 1.91. The maximum Gasteiger partial charge on any atom is 0.345 e. The molecule has 0 aromatic carbocycles. The smallest absolute Gasteiger partial charge is 0.345 e. The molecule has 3 rings (SSSR count). The topological polar surface area (TPSA) is 114 Å². The Morgan fingerprint density at radius 1 is 1.54 bits per heavy atom. The van der Waals surface area contributed by atoms with Gasteiger partial charge in [-0.3, -0.25) is 4.79 Å². The van der Waals surface area contributed by atoms with Crippen molar-refractivity contribution >= 4 is 28.9 Å². The summed E-state index contributed by atoms with van der Waals surface area (Å²) >= 11 is 0. The number of fused-ring (bicyclic) bond motifs is 1. The average molecular weight is 329 g/mol. The van der Waals surface area contributed by atoms with Crippen LogP contribution in [0.5, 0.6) is 0 Å². The molecule has 3 N–H and O–H groups in total. The predicted molar refractivity (Wildman–Crippen MR) is 84.7 cm³/mol. The molecule has 3 heterocycles. The summed E-state index contributed by atoms with van der Waals surface area (Å²) in [6.07, 6.45) is 4.82. The molecule has 1 aliphatic heterocycles. The van der Waals surface area contributed by atoms with E-state index in [2.05, 4.69) is 15.3 Å². The Hall–Kier alpha value is -3.13. The third-order valence-electron chi connectivity index (χ3n) is 3.47. The minimum atomic E-state index is -1.34. The van der Waals surface area contributed by atoms with Crippen LogP contribution in [0.1, 0.15) is 5.56 Å². The van der Waals surface area contributed by atoms with E-state index in [4.69, 9.17) is 9.47 Å². The van der Waals surface area contributed by atoms with Gasteiger partial charge in [-0.2, -0.15) is 0 Å². The van der Waals surface area contributed by atoms with E-state index in [-0.39, 0.29) is 11.6 Å². The molecule has 0 unspecified atom stereocenters. The number of allylic oxidation sites excluding steroid dienone is 1. The number of aromatic nitrogens is 2. The zero-order valence-corrected chi connectivity index (χ0v) is 12.8. The summed E-state index contributed by atoms with van der Waals surface area (Å²) in [7, 11) is 1.52. The van der Waals surface area contributed by atoms with E-state index in [0.717, 1.165) is 5.39 Å². The quantitative estimate of drug-likeness (QED) is 0.412. The molecule has 0 spiro atoms. The second-order valence-corrected chi connectivity index (χ2v) is 5.01. The van der Waals surface area contributed by atoms with Gasteiger partial charge in [-0.05, 0) is 18.2 Å². The molecule has 1 aliphatic rings. The predicted octanol–water partition coefficient (Wildman–Crippen LogP) is 1.04. The first-order valence-corrected chi connectivity index (χ1v) is 7.18. The summed E-state index contributed by atoms with van der Waals surface area (Å²) < 4.78 is 10.3. The third kappa shape index (κ3) is 2.86. The fourth-order valence-corrected chi connectivity index (χ4v) is 2.35. The molecule has 0 saturated heterocycles. The highest BCUT2D eigenvalue weighted by molar-refractivity contribution is 6.26. The molecule has 8 heteroatoms. The first-order valence-electron chi connectivity index (χ1n) is 7.18. The van der Waals surface area contributed by atoms with Crippen molar-refractivity contribution in [1.82, 2.24) is 15.3 Å². The molecule has 0 fully saturated rings. The first-order chi connectivity index (χ1) is 11.6. The second kappa shape index (κ2) is 6.55. The zero-order chi connectivity index (χ0) is 17.1. The summed E-state index contributed by atoms with van der Waals surface area (Å²) in [5, 5.41) is 12.8. The van der Waals surface area contributed by atoms with Gasteiger partial charge in [0.1, 0.15) is 5.65 Å². The van der Waals surface area contributed by atoms with Gasteiger partial charge < -0.3 is 24.9 Å². The van der Waals surface area contributed by atoms with E-state index in [1.54, 1.807) is 18.5 Å². The van der Waals surface area contributed by atoms with Gasteiger partial charge in [0, 0.05) is 37.0 Å². The van der Waals surface area contributed by atoms with Crippen molar-refractivity contribution in [3.63, 3.8) is 0 Å². The lowest BCUT2D eigenvalue weighted by Gasteiger charge is -2.06. The number of ketones is 1. The van der Waals surface area contributed by atoms with Crippen molar-refractivity contribution in [2.45, 2.75) is 0 Å². The number of carboxylic acid groups (broad SMARTS) is 1. The molecular formula is C16H15N3O5. The number of H-pyrrole nitrogens is 1. The van der Waals surface area contributed by atoms with E-state index >= 15 is 0 Å². The van der Waals surface area contributed by atoms with Crippen LogP contribution in [0, 0.1) is 0 Å². The molecule has 0 atom stereocenters. The lowest BCUT2D eigenvalue weighted by atomic mass is 10.1. The van der Waals surface area contributed by atoms with Crippen molar-refractivity contribution in [3.8, 4) is 0 Å². The number of pyridine rings is 1. The number of ether oxygens (including phenoxy) is 2. The fourth-order valence-electron chi connectivity index (χ4n) is 2.35. The Morgan fingerprint density at radius 3 is 3.12 bits per heavy atom. The number of carboxylic acids is 1. The van der Waals surface area contributed by atoms with Gasteiger partial charge in [0.05, 0.1) is 6.61 Å². The number of aliphatic carboxylic acids is 1. The number of hydrogen-bond acceptors (Lipinski definition) is 6. The molecule has 8 nitrogen and oxygen atoms in total. The minimum absolute atomic E-state index is 0.0583. The minimum Gasteiger partial charge on any atom is -0.477 e. The van der Waals surface area contributed by atoms with Crippen molar-refractivity contribution in [2.75, 3.05) is 20.3 Å². The van der Waals surface area contributed by atoms with Crippen LogP contribution in [-0.4, -0.2) is 47.1 Å². The van der Waals surface area contributed by atoms with E-state index in [0.29, 0.717) is 24.4 Å². The SMILES string of the molecule is COCCNC1=C(C(=O)O)C(=O)/C(=C/c2c[nH]c3ncccc23)O1. The van der Waals surface area contributed by atoms with Crippen molar-refractivity contribution in [2.24, 2.45) is 0 Å². The monoisotopic (exact) mass is 329 g/mol. The Bertz CT molecular complexity index is 865. The third-order valence-corrected chi connectivity index (χ3v) is 3.47. The number of methoxy groups -OCH3 is 1. The van der Waals surface area contributed by atoms with Crippen molar-refractivity contribution in [3.05, 3.63) is 47.3 Å². The molecule has 24 heavy (non-hydrogen) atoms. The van der Waals surface area contributed by atoms with Crippen LogP contribution in [0.4, 0.5) is 0 Å². The highest BCUT2D eigenvalue weighted by atomic mass is 16.5. The number of Topliss-reactive ketones (excluding diaryl/α,β-unsaturated/α-hetero) is 1. The number of nitrogens with one attached hydrogen (secondary N) is 2. The van der Waals surface area contributed by atoms with Gasteiger partial charge in [0.25, 0.3) is 0 Å². The first kappa shape index (κ1) is 15.8. The van der Waals surface area contributed by atoms with Gasteiger partial charge in [0.15, 0.2) is 11.3 Å². The van der Waals surface area contributed by atoms with Crippen molar-refractivity contribution < 1.29 is 24.2 Å². The summed E-state index contributed by atoms with van der Waals surface area (Å²) in [6, 6.07) is 3.61. The van der Waals surface area contributed by atoms with Crippen molar-refractivity contribution in [1.29, 1.82) is 0 Å². The van der Waals surface area contributed by atoms with Gasteiger partial charge in [-0.1, -0.05) is 0 Å². The summed E-state index contributed by atoms with van der Waals surface area (Å²) in [5.74, 6) is -2.16. The molecule has 2 aromatic heterocycles. The average Bonchev–Trinajstić information content (AvgIpc) is 3.10. The van der Waals surface area contributed by atoms with E-state index < -0.39 is 17.3 Å². The van der Waals surface area contributed by atoms with Crippen LogP contribution in [0.15, 0.2) is 41.7 Å². The highest BCUT2D eigenvalue weighted by Crippen LogP contribution is 2.27. The Kier molecular flexibility index (Phi) is 4.30. The van der Waals surface area contributed by atoms with E-state index in [9.17, 15) is 14.7 Å². The van der Waals surface area contributed by atoms with Gasteiger partial charge >= 0.3 is 5.97 Å². The van der Waals surface area contributed by atoms with Crippen LogP contribution in [0.3, 0.4) is 0 Å². The molecule has 0 bridgehead atoms. The van der Waals surface area contributed by atoms with Gasteiger partial charge in [0.2, 0.25) is 11.7 Å². The summed E-state index contributed by atoms with van der Waals surface area (Å²) in [5.41, 5.74) is 0.930. The molecule has 124 valence electrons. The maximum atomic E-state index is 12.3. The molecule has 0 amide bonds. The normalized spacial score (nSPS) is 16.0. The summed E-state index contributed by atoms with van der Waals surface area (Å²) in [6.45, 7) is 0.668. The molecule has 0 saturated carbocycles. The molecular weight excluding hydrogens is 314 g/mol. The molecule has 0 aliphatic carbocycles. The number of hydrogen-bond donors (Lipinski definition) is 3. The Labute approximate surface area is 136 Å². The molecule has 2 aromatic rings. The van der Waals surface area contributed by atoms with Gasteiger partial charge in [-0.15, -0.1) is 0 Å². The largest absolute Gasteiger partial charge is 0.477 e. The van der Waals surface area contributed by atoms with Crippen LogP contribution >= 0.6 is 0 Å². The second-order valence-electron chi connectivity index (χ2n) is 5.01. The van der Waals surface area contributed by atoms with Crippen LogP contribution in [0.25, 0.3) is 17.1 Å². The zero-order valence-electron chi connectivity index (χ0n) is 12.8. The van der Waals surface area contributed by atoms with Crippen LogP contribution in [0.2, 0.25) is 0 Å². The number of carbonyl (C=O) groups excluding carboxylic acids is 1. The fraction of sp³-hybridized carbons (Fsp3) is 0.188. The van der Waals surface area contributed by atoms with E-state index in [1.165, 1.54) is 13.2 Å². The van der Waals surface area contributed by atoms with Gasteiger partial charge in [-0.25, -0.2) is 9.78 Å². The maximum absolute atomic E-state index is 12.3. The number of rotatable bonds is 6.